The molecule has 2 amide bonds. The average molecular weight is 212 g/mol. The summed E-state index contributed by atoms with van der Waals surface area (Å²) in [6, 6.07) is -0.114. The number of carbonyl (C=O) groups is 2. The Hall–Kier alpha value is -0.940. The van der Waals surface area contributed by atoms with Crippen molar-refractivity contribution in [3.8, 4) is 0 Å². The van der Waals surface area contributed by atoms with Crippen LogP contribution in [0.25, 0.3) is 0 Å². The minimum Gasteiger partial charge on any atom is -0.379 e. The molecule has 15 heavy (non-hydrogen) atoms. The number of carbonyl (C=O) groups excluding carboxylic acids is 2. The fraction of sp³-hybridized carbons (Fsp3) is 0.800. The van der Waals surface area contributed by atoms with Gasteiger partial charge in [-0.2, -0.15) is 0 Å². The average Bonchev–Trinajstić information content (AvgIpc) is 2.27. The summed E-state index contributed by atoms with van der Waals surface area (Å²) in [5.41, 5.74) is 0. The molecule has 2 rings (SSSR count). The zero-order chi connectivity index (χ0) is 10.8. The van der Waals surface area contributed by atoms with Crippen LogP contribution in [0.1, 0.15) is 12.8 Å². The van der Waals surface area contributed by atoms with E-state index in [9.17, 15) is 9.59 Å². The molecule has 2 fully saturated rings. The van der Waals surface area contributed by atoms with Crippen LogP contribution >= 0.6 is 0 Å². The molecule has 1 unspecified atom stereocenters. The Balaban J connectivity index is 2.02. The Morgan fingerprint density at radius 1 is 1.27 bits per heavy atom. The number of rotatable bonds is 1. The topological polar surface area (TPSA) is 49.9 Å². The van der Waals surface area contributed by atoms with E-state index < -0.39 is 0 Å². The van der Waals surface area contributed by atoms with Gasteiger partial charge in [0.2, 0.25) is 11.8 Å². The highest BCUT2D eigenvalue weighted by molar-refractivity contribution is 6.00. The first-order valence-corrected chi connectivity index (χ1v) is 5.32. The molecule has 0 aromatic carbocycles. The number of ether oxygens (including phenoxy) is 1. The Morgan fingerprint density at radius 3 is 2.60 bits per heavy atom. The van der Waals surface area contributed by atoms with Crippen LogP contribution in [0, 0.1) is 0 Å². The predicted molar refractivity (Wildman–Crippen MR) is 53.2 cm³/mol. The standard InChI is InChI=1S/C10H16N2O3/c1-11-9(13)3-2-8(10(11)14)12-4-6-15-7-5-12/h8H,2-7H2,1H3. The molecule has 84 valence electrons. The van der Waals surface area contributed by atoms with E-state index >= 15 is 0 Å². The second kappa shape index (κ2) is 4.28. The van der Waals surface area contributed by atoms with Gasteiger partial charge in [0.05, 0.1) is 19.3 Å². The van der Waals surface area contributed by atoms with Crippen molar-refractivity contribution in [1.82, 2.24) is 9.80 Å². The molecule has 5 nitrogen and oxygen atoms in total. The van der Waals surface area contributed by atoms with E-state index in [0.717, 1.165) is 13.1 Å². The smallest absolute Gasteiger partial charge is 0.246 e. The van der Waals surface area contributed by atoms with Gasteiger partial charge in [-0.3, -0.25) is 19.4 Å². The zero-order valence-corrected chi connectivity index (χ0v) is 8.94. The SMILES string of the molecule is CN1C(=O)CCC(N2CCOCC2)C1=O. The van der Waals surface area contributed by atoms with Gasteiger partial charge < -0.3 is 4.74 Å². The van der Waals surface area contributed by atoms with E-state index in [2.05, 4.69) is 4.90 Å². The van der Waals surface area contributed by atoms with Gasteiger partial charge in [0.1, 0.15) is 0 Å². The first-order valence-electron chi connectivity index (χ1n) is 5.32. The largest absolute Gasteiger partial charge is 0.379 e. The van der Waals surface area contributed by atoms with Crippen LogP contribution in [0.15, 0.2) is 0 Å². The molecular formula is C10H16N2O3. The second-order valence-corrected chi connectivity index (χ2v) is 3.99. The minimum absolute atomic E-state index is 0.0619. The quantitative estimate of drug-likeness (QED) is 0.548. The normalized spacial score (nSPS) is 29.7. The molecule has 0 bridgehead atoms. The third-order valence-corrected chi connectivity index (χ3v) is 3.11. The van der Waals surface area contributed by atoms with E-state index in [0.29, 0.717) is 26.1 Å². The molecule has 1 atom stereocenters. The zero-order valence-electron chi connectivity index (χ0n) is 8.94. The summed E-state index contributed by atoms with van der Waals surface area (Å²) in [6.07, 6.45) is 1.13. The number of hydrogen-bond acceptors (Lipinski definition) is 4. The van der Waals surface area contributed by atoms with Gasteiger partial charge in [-0.25, -0.2) is 0 Å². The molecule has 2 heterocycles. The third-order valence-electron chi connectivity index (χ3n) is 3.11. The van der Waals surface area contributed by atoms with Crippen LogP contribution in [-0.4, -0.2) is 61.0 Å². The van der Waals surface area contributed by atoms with Crippen LogP contribution in [0.4, 0.5) is 0 Å². The number of nitrogens with zero attached hydrogens (tertiary/aromatic N) is 2. The van der Waals surface area contributed by atoms with Crippen molar-refractivity contribution in [1.29, 1.82) is 0 Å². The number of likely N-dealkylation sites (tertiary alicyclic amines) is 1. The fourth-order valence-corrected chi connectivity index (χ4v) is 2.13. The number of likely N-dealkylation sites (N-methyl/N-ethyl adjacent to an activating group) is 1. The second-order valence-electron chi connectivity index (χ2n) is 3.99. The molecule has 0 aromatic heterocycles. The highest BCUT2D eigenvalue weighted by Crippen LogP contribution is 2.18. The number of morpholine rings is 1. The first-order chi connectivity index (χ1) is 7.20. The van der Waals surface area contributed by atoms with Gasteiger partial charge in [0.15, 0.2) is 0 Å². The number of piperidine rings is 1. The molecule has 2 saturated heterocycles. The van der Waals surface area contributed by atoms with Crippen molar-refractivity contribution in [2.75, 3.05) is 33.4 Å². The lowest BCUT2D eigenvalue weighted by Crippen LogP contribution is -2.55. The van der Waals surface area contributed by atoms with E-state index in [4.69, 9.17) is 4.74 Å². The van der Waals surface area contributed by atoms with Gasteiger partial charge in [-0.1, -0.05) is 0 Å². The van der Waals surface area contributed by atoms with Crippen molar-refractivity contribution in [2.24, 2.45) is 0 Å². The lowest BCUT2D eigenvalue weighted by Gasteiger charge is -2.37. The molecular weight excluding hydrogens is 196 g/mol. The number of imide groups is 1. The summed E-state index contributed by atoms with van der Waals surface area (Å²) in [7, 11) is 1.57. The van der Waals surface area contributed by atoms with Crippen LogP contribution in [0.5, 0.6) is 0 Å². The molecule has 0 aromatic rings. The molecule has 0 N–H and O–H groups in total. The van der Waals surface area contributed by atoms with Gasteiger partial charge in [-0.05, 0) is 6.42 Å². The number of amides is 2. The summed E-state index contributed by atoms with van der Waals surface area (Å²) in [5, 5.41) is 0. The van der Waals surface area contributed by atoms with E-state index in [1.165, 1.54) is 4.90 Å². The lowest BCUT2D eigenvalue weighted by atomic mass is 10.0. The van der Waals surface area contributed by atoms with Crippen LogP contribution in [0.3, 0.4) is 0 Å². The van der Waals surface area contributed by atoms with Crippen LogP contribution in [-0.2, 0) is 14.3 Å². The molecule has 0 aliphatic carbocycles. The molecule has 0 saturated carbocycles. The Kier molecular flexibility index (Phi) is 3.02. The number of hydrogen-bond donors (Lipinski definition) is 0. The van der Waals surface area contributed by atoms with Crippen molar-refractivity contribution < 1.29 is 14.3 Å². The molecule has 0 spiro atoms. The third kappa shape index (κ3) is 2.03. The highest BCUT2D eigenvalue weighted by atomic mass is 16.5. The maximum Gasteiger partial charge on any atom is 0.246 e. The summed E-state index contributed by atoms with van der Waals surface area (Å²) in [5.74, 6) is -0.127. The van der Waals surface area contributed by atoms with E-state index in [-0.39, 0.29) is 17.9 Å². The van der Waals surface area contributed by atoms with Crippen molar-refractivity contribution >= 4 is 11.8 Å². The molecule has 2 aliphatic rings. The lowest BCUT2D eigenvalue weighted by molar-refractivity contribution is -0.152. The van der Waals surface area contributed by atoms with Crippen molar-refractivity contribution in [3.63, 3.8) is 0 Å². The summed E-state index contributed by atoms with van der Waals surface area (Å²) in [6.45, 7) is 2.94. The van der Waals surface area contributed by atoms with Gasteiger partial charge in [-0.15, -0.1) is 0 Å². The van der Waals surface area contributed by atoms with Crippen LogP contribution < -0.4 is 0 Å². The fourth-order valence-electron chi connectivity index (χ4n) is 2.13. The first kappa shape index (κ1) is 10.6. The summed E-state index contributed by atoms with van der Waals surface area (Å²) >= 11 is 0. The van der Waals surface area contributed by atoms with Gasteiger partial charge in [0, 0.05) is 26.6 Å². The highest BCUT2D eigenvalue weighted by Gasteiger charge is 2.35. The molecule has 0 radical (unpaired) electrons. The predicted octanol–water partition coefficient (Wildman–Crippen LogP) is -0.534. The Labute approximate surface area is 89.0 Å². The van der Waals surface area contributed by atoms with E-state index in [1.807, 2.05) is 0 Å². The maximum absolute atomic E-state index is 11.9. The van der Waals surface area contributed by atoms with Gasteiger partial charge >= 0.3 is 0 Å². The summed E-state index contributed by atoms with van der Waals surface area (Å²) in [4.78, 5) is 26.5. The van der Waals surface area contributed by atoms with E-state index in [1.54, 1.807) is 7.05 Å². The Morgan fingerprint density at radius 2 is 1.93 bits per heavy atom. The maximum atomic E-state index is 11.9. The monoisotopic (exact) mass is 212 g/mol. The van der Waals surface area contributed by atoms with Crippen molar-refractivity contribution in [2.45, 2.75) is 18.9 Å². The summed E-state index contributed by atoms with van der Waals surface area (Å²) < 4.78 is 5.24. The Bertz CT molecular complexity index is 274. The van der Waals surface area contributed by atoms with Crippen molar-refractivity contribution in [3.05, 3.63) is 0 Å². The van der Waals surface area contributed by atoms with Crippen LogP contribution in [0.2, 0.25) is 0 Å². The van der Waals surface area contributed by atoms with Gasteiger partial charge in [0.25, 0.3) is 0 Å². The molecule has 2 aliphatic heterocycles. The molecule has 5 heteroatoms. The minimum atomic E-state index is -0.114.